The lowest BCUT2D eigenvalue weighted by Crippen LogP contribution is -2.04. The number of aliphatic carboxylic acids is 1. The molecule has 0 bridgehead atoms. The summed E-state index contributed by atoms with van der Waals surface area (Å²) in [5, 5.41) is 18.0. The van der Waals surface area contributed by atoms with Gasteiger partial charge in [0.15, 0.2) is 0 Å². The maximum absolute atomic E-state index is 11.1. The van der Waals surface area contributed by atoms with Crippen molar-refractivity contribution >= 4 is 18.0 Å². The molecule has 33 heavy (non-hydrogen) atoms. The second-order valence-corrected chi connectivity index (χ2v) is 7.95. The summed E-state index contributed by atoms with van der Waals surface area (Å²) in [6.07, 6.45) is 7.43. The van der Waals surface area contributed by atoms with Gasteiger partial charge in [0.05, 0.1) is 5.56 Å². The van der Waals surface area contributed by atoms with Gasteiger partial charge in [-0.15, -0.1) is 0 Å². The zero-order chi connectivity index (χ0) is 23.5. The van der Waals surface area contributed by atoms with Crippen LogP contribution in [0.5, 0.6) is 11.5 Å². The minimum absolute atomic E-state index is 0.169. The summed E-state index contributed by atoms with van der Waals surface area (Å²) in [5.74, 6) is 0.0179. The van der Waals surface area contributed by atoms with Gasteiger partial charge >= 0.3 is 11.9 Å². The molecule has 0 aliphatic heterocycles. The number of hydrogen-bond acceptors (Lipinski definition) is 3. The van der Waals surface area contributed by atoms with E-state index in [9.17, 15) is 9.59 Å². The Labute approximate surface area is 194 Å². The summed E-state index contributed by atoms with van der Waals surface area (Å²) in [6, 6.07) is 24.4. The molecule has 3 aromatic carbocycles. The molecule has 2 N–H and O–H groups in total. The number of unbranched alkanes of at least 4 members (excludes halogenated alkanes) is 1. The third-order valence-corrected chi connectivity index (χ3v) is 5.31. The van der Waals surface area contributed by atoms with Crippen LogP contribution in [0.1, 0.15) is 47.2 Å². The number of aromatic carboxylic acids is 1. The maximum atomic E-state index is 11.1. The van der Waals surface area contributed by atoms with Crippen molar-refractivity contribution in [2.75, 3.05) is 0 Å². The van der Waals surface area contributed by atoms with Crippen LogP contribution in [0.2, 0.25) is 0 Å². The van der Waals surface area contributed by atoms with E-state index < -0.39 is 11.9 Å². The van der Waals surface area contributed by atoms with Gasteiger partial charge in [0.25, 0.3) is 0 Å². The van der Waals surface area contributed by atoms with Crippen LogP contribution in [0.15, 0.2) is 84.9 Å². The highest BCUT2D eigenvalue weighted by Crippen LogP contribution is 2.24. The average Bonchev–Trinajstić information content (AvgIpc) is 2.81. The van der Waals surface area contributed by atoms with E-state index in [1.54, 1.807) is 12.1 Å². The number of ether oxygens (including phenoxy) is 1. The van der Waals surface area contributed by atoms with Gasteiger partial charge in [-0.25, -0.2) is 4.79 Å². The van der Waals surface area contributed by atoms with E-state index >= 15 is 0 Å². The first-order chi connectivity index (χ1) is 16.0. The standard InChI is InChI=1S/C28H28O5/c29-27(30)12-5-4-7-21(19-23-15-17-24(18-16-23)28(31)32)13-14-22-8-6-11-26(20-22)33-25-9-2-1-3-10-25/h1-3,6,8-11,13-18,20-21H,4-5,7,12,19H2,(H,29,30)(H,31,32). The fraction of sp³-hybridized carbons (Fsp3) is 0.214. The van der Waals surface area contributed by atoms with Crippen LogP contribution in [-0.2, 0) is 11.2 Å². The summed E-state index contributed by atoms with van der Waals surface area (Å²) in [4.78, 5) is 21.9. The Kier molecular flexibility index (Phi) is 8.83. The van der Waals surface area contributed by atoms with Gasteiger partial charge in [0.2, 0.25) is 0 Å². The molecule has 5 nitrogen and oxygen atoms in total. The van der Waals surface area contributed by atoms with Crippen LogP contribution in [-0.4, -0.2) is 22.2 Å². The topological polar surface area (TPSA) is 83.8 Å². The third-order valence-electron chi connectivity index (χ3n) is 5.31. The molecule has 170 valence electrons. The number of carboxylic acids is 2. The van der Waals surface area contributed by atoms with Crippen molar-refractivity contribution in [1.82, 2.24) is 0 Å². The molecule has 0 saturated carbocycles. The minimum Gasteiger partial charge on any atom is -0.481 e. The van der Waals surface area contributed by atoms with Crippen molar-refractivity contribution < 1.29 is 24.5 Å². The Morgan fingerprint density at radius 2 is 1.58 bits per heavy atom. The molecule has 0 fully saturated rings. The summed E-state index contributed by atoms with van der Waals surface area (Å²) in [6.45, 7) is 0. The van der Waals surface area contributed by atoms with Crippen molar-refractivity contribution in [1.29, 1.82) is 0 Å². The van der Waals surface area contributed by atoms with Gasteiger partial charge in [-0.1, -0.05) is 61.0 Å². The first-order valence-corrected chi connectivity index (χ1v) is 11.0. The lowest BCUT2D eigenvalue weighted by Gasteiger charge is -2.13. The SMILES string of the molecule is O=C(O)CCCCC(C=Cc1cccc(Oc2ccccc2)c1)Cc1ccc(C(=O)O)cc1. The monoisotopic (exact) mass is 444 g/mol. The molecule has 3 rings (SSSR count). The van der Waals surface area contributed by atoms with E-state index in [-0.39, 0.29) is 17.9 Å². The number of rotatable bonds is 12. The van der Waals surface area contributed by atoms with E-state index in [4.69, 9.17) is 14.9 Å². The molecular weight excluding hydrogens is 416 g/mol. The van der Waals surface area contributed by atoms with E-state index in [1.807, 2.05) is 66.7 Å². The molecule has 5 heteroatoms. The number of carbonyl (C=O) groups is 2. The molecule has 1 unspecified atom stereocenters. The smallest absolute Gasteiger partial charge is 0.335 e. The van der Waals surface area contributed by atoms with Gasteiger partial charge in [-0.3, -0.25) is 4.79 Å². The lowest BCUT2D eigenvalue weighted by atomic mass is 9.92. The molecule has 1 atom stereocenters. The summed E-state index contributed by atoms with van der Waals surface area (Å²) in [7, 11) is 0. The Hall–Kier alpha value is -3.86. The Morgan fingerprint density at radius 3 is 2.27 bits per heavy atom. The van der Waals surface area contributed by atoms with Crippen molar-refractivity contribution in [3.8, 4) is 11.5 Å². The van der Waals surface area contributed by atoms with Gasteiger partial charge in [0.1, 0.15) is 11.5 Å². The quantitative estimate of drug-likeness (QED) is 0.304. The molecule has 0 aliphatic rings. The summed E-state index contributed by atoms with van der Waals surface area (Å²) >= 11 is 0. The van der Waals surface area contributed by atoms with Crippen LogP contribution in [0.3, 0.4) is 0 Å². The largest absolute Gasteiger partial charge is 0.481 e. The lowest BCUT2D eigenvalue weighted by molar-refractivity contribution is -0.137. The van der Waals surface area contributed by atoms with Crippen LogP contribution in [0, 0.1) is 5.92 Å². The first-order valence-electron chi connectivity index (χ1n) is 11.0. The van der Waals surface area contributed by atoms with Crippen molar-refractivity contribution in [3.63, 3.8) is 0 Å². The number of para-hydroxylation sites is 1. The molecule has 0 aromatic heterocycles. The van der Waals surface area contributed by atoms with E-state index in [1.165, 1.54) is 0 Å². The number of hydrogen-bond donors (Lipinski definition) is 2. The predicted molar refractivity (Wildman–Crippen MR) is 129 cm³/mol. The van der Waals surface area contributed by atoms with E-state index in [0.29, 0.717) is 6.42 Å². The molecule has 0 heterocycles. The highest BCUT2D eigenvalue weighted by Gasteiger charge is 2.09. The van der Waals surface area contributed by atoms with E-state index in [0.717, 1.165) is 41.9 Å². The highest BCUT2D eigenvalue weighted by atomic mass is 16.5. The molecule has 0 spiro atoms. The second kappa shape index (κ2) is 12.2. The van der Waals surface area contributed by atoms with E-state index in [2.05, 4.69) is 12.2 Å². The normalized spacial score (nSPS) is 11.9. The molecular formula is C28H28O5. The number of allylic oxidation sites excluding steroid dienone is 1. The Balaban J connectivity index is 1.69. The Morgan fingerprint density at radius 1 is 0.848 bits per heavy atom. The third kappa shape index (κ3) is 8.30. The van der Waals surface area contributed by atoms with Crippen LogP contribution >= 0.6 is 0 Å². The molecule has 0 saturated heterocycles. The molecule has 0 aliphatic carbocycles. The minimum atomic E-state index is -0.940. The van der Waals surface area contributed by atoms with Crippen molar-refractivity contribution in [2.24, 2.45) is 5.92 Å². The average molecular weight is 445 g/mol. The fourth-order valence-electron chi connectivity index (χ4n) is 3.59. The van der Waals surface area contributed by atoms with Gasteiger partial charge in [-0.2, -0.15) is 0 Å². The maximum Gasteiger partial charge on any atom is 0.335 e. The molecule has 3 aromatic rings. The van der Waals surface area contributed by atoms with Crippen LogP contribution in [0.25, 0.3) is 6.08 Å². The molecule has 0 radical (unpaired) electrons. The van der Waals surface area contributed by atoms with Crippen molar-refractivity contribution in [2.45, 2.75) is 32.1 Å². The molecule has 0 amide bonds. The predicted octanol–water partition coefficient (Wildman–Crippen LogP) is 6.69. The number of benzene rings is 3. The highest BCUT2D eigenvalue weighted by molar-refractivity contribution is 5.87. The second-order valence-electron chi connectivity index (χ2n) is 7.95. The number of carboxylic acid groups (broad SMARTS) is 2. The zero-order valence-electron chi connectivity index (χ0n) is 18.4. The van der Waals surface area contributed by atoms with Gasteiger partial charge in [-0.05, 0) is 72.7 Å². The van der Waals surface area contributed by atoms with Crippen LogP contribution in [0.4, 0.5) is 0 Å². The summed E-state index contributed by atoms with van der Waals surface area (Å²) < 4.78 is 5.92. The summed E-state index contributed by atoms with van der Waals surface area (Å²) in [5.41, 5.74) is 2.33. The van der Waals surface area contributed by atoms with Gasteiger partial charge in [0, 0.05) is 6.42 Å². The fourth-order valence-corrected chi connectivity index (χ4v) is 3.59. The van der Waals surface area contributed by atoms with Gasteiger partial charge < -0.3 is 14.9 Å². The zero-order valence-corrected chi connectivity index (χ0v) is 18.4. The van der Waals surface area contributed by atoms with Crippen molar-refractivity contribution in [3.05, 3.63) is 102 Å². The Bertz CT molecular complexity index is 1070. The first kappa shape index (κ1) is 23.8. The van der Waals surface area contributed by atoms with Crippen LogP contribution < -0.4 is 4.74 Å².